The highest BCUT2D eigenvalue weighted by molar-refractivity contribution is 5.95. The van der Waals surface area contributed by atoms with Crippen molar-refractivity contribution >= 4 is 17.6 Å². The number of carbonyl (C=O) groups is 2. The molecular weight excluding hydrogens is 222 g/mol. The van der Waals surface area contributed by atoms with Crippen molar-refractivity contribution in [2.45, 2.75) is 13.0 Å². The van der Waals surface area contributed by atoms with E-state index in [1.54, 1.807) is 12.1 Å². The predicted molar refractivity (Wildman–Crippen MR) is 63.1 cm³/mol. The molecule has 6 heteroatoms. The molecule has 0 aromatic carbocycles. The van der Waals surface area contributed by atoms with Crippen LogP contribution in [0.25, 0.3) is 0 Å². The number of nitrogens with zero attached hydrogens (tertiary/aromatic N) is 2. The summed E-state index contributed by atoms with van der Waals surface area (Å²) in [4.78, 5) is 28.0. The van der Waals surface area contributed by atoms with Crippen LogP contribution in [0.4, 0.5) is 5.69 Å². The van der Waals surface area contributed by atoms with Gasteiger partial charge in [0.25, 0.3) is 5.91 Å². The Labute approximate surface area is 99.3 Å². The van der Waals surface area contributed by atoms with Crippen LogP contribution in [0.3, 0.4) is 0 Å². The molecule has 1 aromatic heterocycles. The molecule has 0 unspecified atom stereocenters. The number of aliphatic carboxylic acids is 1. The first-order chi connectivity index (χ1) is 7.91. The number of nitrogens with one attached hydrogen (secondary N) is 1. The first kappa shape index (κ1) is 13.0. The van der Waals surface area contributed by atoms with Crippen LogP contribution < -0.4 is 10.2 Å². The van der Waals surface area contributed by atoms with Gasteiger partial charge in [0.05, 0.1) is 0 Å². The van der Waals surface area contributed by atoms with E-state index in [9.17, 15) is 9.59 Å². The molecule has 6 nitrogen and oxygen atoms in total. The number of pyridine rings is 1. The number of rotatable bonds is 4. The monoisotopic (exact) mass is 237 g/mol. The molecule has 1 heterocycles. The highest BCUT2D eigenvalue weighted by Crippen LogP contribution is 2.10. The van der Waals surface area contributed by atoms with Crippen LogP contribution in [0.5, 0.6) is 0 Å². The normalized spacial score (nSPS) is 11.7. The highest BCUT2D eigenvalue weighted by atomic mass is 16.4. The standard InChI is InChI=1S/C11H15N3O3/c1-7(11(16)17)13-10(15)9-6-8(14(2)3)4-5-12-9/h4-7H,1-3H3,(H,13,15)(H,16,17)/t7-/m0/s1. The van der Waals surface area contributed by atoms with Crippen LogP contribution in [-0.2, 0) is 4.79 Å². The Kier molecular flexibility index (Phi) is 4.03. The van der Waals surface area contributed by atoms with Gasteiger partial charge in [-0.3, -0.25) is 14.6 Å². The molecule has 0 aliphatic rings. The van der Waals surface area contributed by atoms with Gasteiger partial charge in [-0.1, -0.05) is 0 Å². The van der Waals surface area contributed by atoms with Crippen molar-refractivity contribution in [3.05, 3.63) is 24.0 Å². The number of amides is 1. The molecule has 0 saturated heterocycles. The third-order valence-corrected chi connectivity index (χ3v) is 2.21. The van der Waals surface area contributed by atoms with Gasteiger partial charge in [-0.25, -0.2) is 0 Å². The second-order valence-electron chi connectivity index (χ2n) is 3.83. The lowest BCUT2D eigenvalue weighted by atomic mass is 10.2. The maximum absolute atomic E-state index is 11.7. The van der Waals surface area contributed by atoms with Crippen LogP contribution in [0.15, 0.2) is 18.3 Å². The minimum Gasteiger partial charge on any atom is -0.480 e. The third-order valence-electron chi connectivity index (χ3n) is 2.21. The molecule has 92 valence electrons. The van der Waals surface area contributed by atoms with Crippen molar-refractivity contribution in [3.8, 4) is 0 Å². The summed E-state index contributed by atoms with van der Waals surface area (Å²) >= 11 is 0. The SMILES string of the molecule is C[C@H](NC(=O)c1cc(N(C)C)ccn1)C(=O)O. The fraction of sp³-hybridized carbons (Fsp3) is 0.364. The number of aromatic nitrogens is 1. The number of hydrogen-bond acceptors (Lipinski definition) is 4. The summed E-state index contributed by atoms with van der Waals surface area (Å²) in [5.41, 5.74) is 1.03. The zero-order valence-electron chi connectivity index (χ0n) is 9.97. The summed E-state index contributed by atoms with van der Waals surface area (Å²) in [5, 5.41) is 11.0. The number of carboxylic acids is 1. The number of hydrogen-bond donors (Lipinski definition) is 2. The molecule has 1 atom stereocenters. The van der Waals surface area contributed by atoms with Crippen LogP contribution in [-0.4, -0.2) is 42.1 Å². The van der Waals surface area contributed by atoms with Crippen LogP contribution >= 0.6 is 0 Å². The first-order valence-corrected chi connectivity index (χ1v) is 5.09. The molecule has 0 saturated carbocycles. The molecule has 0 bridgehead atoms. The molecule has 1 amide bonds. The van der Waals surface area contributed by atoms with Crippen molar-refractivity contribution < 1.29 is 14.7 Å². The molecule has 1 rings (SSSR count). The van der Waals surface area contributed by atoms with Gasteiger partial charge in [-0.2, -0.15) is 0 Å². The van der Waals surface area contributed by atoms with Gasteiger partial charge in [0.2, 0.25) is 0 Å². The fourth-order valence-electron chi connectivity index (χ4n) is 1.15. The fourth-order valence-corrected chi connectivity index (χ4v) is 1.15. The van der Waals surface area contributed by atoms with E-state index in [1.165, 1.54) is 13.1 Å². The van der Waals surface area contributed by atoms with E-state index in [0.29, 0.717) is 0 Å². The quantitative estimate of drug-likeness (QED) is 0.789. The van der Waals surface area contributed by atoms with Gasteiger partial charge >= 0.3 is 5.97 Å². The lowest BCUT2D eigenvalue weighted by Gasteiger charge is -2.13. The second-order valence-corrected chi connectivity index (χ2v) is 3.83. The van der Waals surface area contributed by atoms with Crippen molar-refractivity contribution in [1.29, 1.82) is 0 Å². The summed E-state index contributed by atoms with van der Waals surface area (Å²) in [6.45, 7) is 1.40. The van der Waals surface area contributed by atoms with E-state index in [0.717, 1.165) is 5.69 Å². The summed E-state index contributed by atoms with van der Waals surface area (Å²) in [7, 11) is 3.69. The van der Waals surface area contributed by atoms with E-state index in [-0.39, 0.29) is 5.69 Å². The maximum Gasteiger partial charge on any atom is 0.325 e. The molecule has 0 aliphatic carbocycles. The highest BCUT2D eigenvalue weighted by Gasteiger charge is 2.16. The predicted octanol–water partition coefficient (Wildman–Crippen LogP) is 0.350. The van der Waals surface area contributed by atoms with Gasteiger partial charge < -0.3 is 15.3 Å². The van der Waals surface area contributed by atoms with E-state index in [1.807, 2.05) is 19.0 Å². The molecule has 0 aliphatic heterocycles. The van der Waals surface area contributed by atoms with Crippen molar-refractivity contribution in [3.63, 3.8) is 0 Å². The number of carboxylic acid groups (broad SMARTS) is 1. The maximum atomic E-state index is 11.7. The Morgan fingerprint density at radius 3 is 2.65 bits per heavy atom. The molecule has 17 heavy (non-hydrogen) atoms. The number of anilines is 1. The van der Waals surface area contributed by atoms with Crippen LogP contribution in [0.1, 0.15) is 17.4 Å². The summed E-state index contributed by atoms with van der Waals surface area (Å²) < 4.78 is 0. The topological polar surface area (TPSA) is 82.5 Å². The Morgan fingerprint density at radius 1 is 1.47 bits per heavy atom. The zero-order chi connectivity index (χ0) is 13.0. The summed E-state index contributed by atoms with van der Waals surface area (Å²) in [6, 6.07) is 2.42. The molecule has 0 spiro atoms. The smallest absolute Gasteiger partial charge is 0.325 e. The van der Waals surface area contributed by atoms with Gasteiger partial charge in [-0.05, 0) is 19.1 Å². The van der Waals surface area contributed by atoms with E-state index in [4.69, 9.17) is 5.11 Å². The van der Waals surface area contributed by atoms with Gasteiger partial charge in [0.15, 0.2) is 0 Å². The molecule has 2 N–H and O–H groups in total. The summed E-state index contributed by atoms with van der Waals surface area (Å²) in [5.74, 6) is -1.58. The Balaban J connectivity index is 2.82. The van der Waals surface area contributed by atoms with E-state index < -0.39 is 17.9 Å². The Bertz CT molecular complexity index is 432. The number of carbonyl (C=O) groups excluding carboxylic acids is 1. The minimum absolute atomic E-state index is 0.198. The molecule has 0 fully saturated rings. The zero-order valence-corrected chi connectivity index (χ0v) is 9.97. The van der Waals surface area contributed by atoms with Gasteiger partial charge in [0.1, 0.15) is 11.7 Å². The van der Waals surface area contributed by atoms with Gasteiger partial charge in [0, 0.05) is 26.0 Å². The van der Waals surface area contributed by atoms with Crippen molar-refractivity contribution in [1.82, 2.24) is 10.3 Å². The van der Waals surface area contributed by atoms with E-state index in [2.05, 4.69) is 10.3 Å². The van der Waals surface area contributed by atoms with Crippen LogP contribution in [0, 0.1) is 0 Å². The molecule has 1 aromatic rings. The molecular formula is C11H15N3O3. The second kappa shape index (κ2) is 5.29. The van der Waals surface area contributed by atoms with Crippen molar-refractivity contribution in [2.24, 2.45) is 0 Å². The van der Waals surface area contributed by atoms with Crippen LogP contribution in [0.2, 0.25) is 0 Å². The lowest BCUT2D eigenvalue weighted by Crippen LogP contribution is -2.38. The Hall–Kier alpha value is -2.11. The largest absolute Gasteiger partial charge is 0.480 e. The third kappa shape index (κ3) is 3.44. The Morgan fingerprint density at radius 2 is 2.12 bits per heavy atom. The average Bonchev–Trinajstić information content (AvgIpc) is 2.28. The minimum atomic E-state index is -1.08. The molecule has 0 radical (unpaired) electrons. The first-order valence-electron chi connectivity index (χ1n) is 5.09. The average molecular weight is 237 g/mol. The van der Waals surface area contributed by atoms with Crippen molar-refractivity contribution in [2.75, 3.05) is 19.0 Å². The van der Waals surface area contributed by atoms with E-state index >= 15 is 0 Å². The van der Waals surface area contributed by atoms with Gasteiger partial charge in [-0.15, -0.1) is 0 Å². The lowest BCUT2D eigenvalue weighted by molar-refractivity contribution is -0.138. The summed E-state index contributed by atoms with van der Waals surface area (Å²) in [6.07, 6.45) is 1.51.